The maximum Gasteiger partial charge on any atom is 0.230 e. The van der Waals surface area contributed by atoms with Crippen molar-refractivity contribution in [3.8, 4) is 11.3 Å². The van der Waals surface area contributed by atoms with Gasteiger partial charge in [-0.1, -0.05) is 53.4 Å². The van der Waals surface area contributed by atoms with Gasteiger partial charge in [0.05, 0.1) is 5.75 Å². The second-order valence-electron chi connectivity index (χ2n) is 6.42. The van der Waals surface area contributed by atoms with Gasteiger partial charge in [0.2, 0.25) is 11.8 Å². The van der Waals surface area contributed by atoms with E-state index in [1.165, 1.54) is 23.1 Å². The second-order valence-corrected chi connectivity index (χ2v) is 8.64. The van der Waals surface area contributed by atoms with E-state index in [1.807, 2.05) is 30.3 Å². The van der Waals surface area contributed by atoms with Gasteiger partial charge in [-0.05, 0) is 25.7 Å². The molecule has 5 nitrogen and oxygen atoms in total. The predicted octanol–water partition coefficient (Wildman–Crippen LogP) is 3.53. The topological polar surface area (TPSA) is 71.1 Å². The highest BCUT2D eigenvalue weighted by molar-refractivity contribution is 8.01. The van der Waals surface area contributed by atoms with Crippen molar-refractivity contribution in [2.75, 3.05) is 11.1 Å². The molecule has 0 saturated heterocycles. The van der Waals surface area contributed by atoms with Crippen LogP contribution in [0.2, 0.25) is 0 Å². The first kappa shape index (κ1) is 16.6. The number of thioether (sulfide) groups is 1. The summed E-state index contributed by atoms with van der Waals surface area (Å²) in [7, 11) is 0. The smallest absolute Gasteiger partial charge is 0.230 e. The molecule has 0 atom stereocenters. The SMILES string of the molecule is O=C(CSc1nc(-c2ccccc2)c(NC(=O)C2CC2)s1)NC1CC1. The molecule has 0 spiro atoms. The molecular formula is C18H19N3O2S2. The molecule has 1 aromatic carbocycles. The summed E-state index contributed by atoms with van der Waals surface area (Å²) in [6.45, 7) is 0. The predicted molar refractivity (Wildman–Crippen MR) is 101 cm³/mol. The third kappa shape index (κ3) is 4.41. The van der Waals surface area contributed by atoms with Crippen LogP contribution in [0, 0.1) is 5.92 Å². The molecule has 2 aliphatic rings. The van der Waals surface area contributed by atoms with Crippen molar-refractivity contribution in [1.29, 1.82) is 0 Å². The second kappa shape index (κ2) is 7.17. The number of carbonyl (C=O) groups excluding carboxylic acids is 2. The van der Waals surface area contributed by atoms with Gasteiger partial charge in [-0.25, -0.2) is 4.98 Å². The van der Waals surface area contributed by atoms with E-state index in [2.05, 4.69) is 15.6 Å². The maximum atomic E-state index is 12.2. The Labute approximate surface area is 154 Å². The van der Waals surface area contributed by atoms with Gasteiger partial charge in [-0.15, -0.1) is 0 Å². The van der Waals surface area contributed by atoms with E-state index in [-0.39, 0.29) is 17.7 Å². The Morgan fingerprint density at radius 2 is 1.92 bits per heavy atom. The van der Waals surface area contributed by atoms with Crippen LogP contribution < -0.4 is 10.6 Å². The van der Waals surface area contributed by atoms with Gasteiger partial charge < -0.3 is 10.6 Å². The monoisotopic (exact) mass is 373 g/mol. The fourth-order valence-corrected chi connectivity index (χ4v) is 4.30. The first-order valence-electron chi connectivity index (χ1n) is 8.48. The molecule has 0 bridgehead atoms. The van der Waals surface area contributed by atoms with E-state index in [0.29, 0.717) is 11.8 Å². The molecule has 1 heterocycles. The Bertz CT molecular complexity index is 783. The summed E-state index contributed by atoms with van der Waals surface area (Å²) in [6, 6.07) is 10.2. The number of anilines is 1. The van der Waals surface area contributed by atoms with Crippen LogP contribution in [0.1, 0.15) is 25.7 Å². The third-order valence-corrected chi connectivity index (χ3v) is 6.22. The first-order valence-corrected chi connectivity index (χ1v) is 10.3. The van der Waals surface area contributed by atoms with Crippen LogP contribution in [0.5, 0.6) is 0 Å². The first-order chi connectivity index (χ1) is 12.2. The Balaban J connectivity index is 1.49. The average Bonchev–Trinajstić information content (AvgIpc) is 3.53. The van der Waals surface area contributed by atoms with Crippen LogP contribution in [0.25, 0.3) is 11.3 Å². The lowest BCUT2D eigenvalue weighted by Gasteiger charge is -2.04. The molecule has 7 heteroatoms. The Hall–Kier alpha value is -1.86. The lowest BCUT2D eigenvalue weighted by Crippen LogP contribution is -2.26. The van der Waals surface area contributed by atoms with Gasteiger partial charge in [0, 0.05) is 17.5 Å². The molecule has 2 aliphatic carbocycles. The number of amides is 2. The molecule has 0 radical (unpaired) electrons. The van der Waals surface area contributed by atoms with Crippen LogP contribution in [-0.4, -0.2) is 28.6 Å². The Kier molecular flexibility index (Phi) is 4.76. The summed E-state index contributed by atoms with van der Waals surface area (Å²) < 4.78 is 0.802. The zero-order valence-corrected chi connectivity index (χ0v) is 15.3. The minimum atomic E-state index is 0.0486. The molecule has 2 N–H and O–H groups in total. The maximum absolute atomic E-state index is 12.2. The lowest BCUT2D eigenvalue weighted by molar-refractivity contribution is -0.119. The van der Waals surface area contributed by atoms with Crippen molar-refractivity contribution in [1.82, 2.24) is 10.3 Å². The molecule has 0 unspecified atom stereocenters. The highest BCUT2D eigenvalue weighted by Gasteiger charge is 2.31. The van der Waals surface area contributed by atoms with E-state index in [9.17, 15) is 9.59 Å². The molecule has 2 saturated carbocycles. The number of benzene rings is 1. The number of nitrogens with one attached hydrogen (secondary N) is 2. The van der Waals surface area contributed by atoms with Gasteiger partial charge in [0.1, 0.15) is 10.7 Å². The number of hydrogen-bond acceptors (Lipinski definition) is 5. The van der Waals surface area contributed by atoms with Gasteiger partial charge in [0.25, 0.3) is 0 Å². The summed E-state index contributed by atoms with van der Waals surface area (Å²) in [5, 5.41) is 6.78. The fraction of sp³-hybridized carbons (Fsp3) is 0.389. The number of nitrogens with zero attached hydrogens (tertiary/aromatic N) is 1. The highest BCUT2D eigenvalue weighted by Crippen LogP contribution is 2.39. The van der Waals surface area contributed by atoms with Crippen molar-refractivity contribution in [3.63, 3.8) is 0 Å². The minimum Gasteiger partial charge on any atom is -0.353 e. The van der Waals surface area contributed by atoms with E-state index in [0.717, 1.165) is 46.3 Å². The van der Waals surface area contributed by atoms with Crippen molar-refractivity contribution >= 4 is 39.9 Å². The summed E-state index contributed by atoms with van der Waals surface area (Å²) in [4.78, 5) is 28.7. The van der Waals surface area contributed by atoms with Gasteiger partial charge in [-0.2, -0.15) is 0 Å². The number of carbonyl (C=O) groups is 2. The van der Waals surface area contributed by atoms with E-state index >= 15 is 0 Å². The molecule has 2 fully saturated rings. The largest absolute Gasteiger partial charge is 0.353 e. The van der Waals surface area contributed by atoms with Crippen molar-refractivity contribution in [3.05, 3.63) is 30.3 Å². The van der Waals surface area contributed by atoms with Crippen LogP contribution in [0.15, 0.2) is 34.7 Å². The molecule has 25 heavy (non-hydrogen) atoms. The normalized spacial score (nSPS) is 16.5. The van der Waals surface area contributed by atoms with Gasteiger partial charge >= 0.3 is 0 Å². The van der Waals surface area contributed by atoms with Crippen LogP contribution in [0.3, 0.4) is 0 Å². The number of thiazole rings is 1. The summed E-state index contributed by atoms with van der Waals surface area (Å²) >= 11 is 2.87. The fourth-order valence-electron chi connectivity index (χ4n) is 2.42. The van der Waals surface area contributed by atoms with E-state index in [4.69, 9.17) is 0 Å². The number of rotatable bonds is 7. The summed E-state index contributed by atoms with van der Waals surface area (Å²) in [5.41, 5.74) is 1.75. The zero-order valence-electron chi connectivity index (χ0n) is 13.7. The van der Waals surface area contributed by atoms with Gasteiger partial charge in [0.15, 0.2) is 4.34 Å². The zero-order chi connectivity index (χ0) is 17.2. The van der Waals surface area contributed by atoms with Crippen LogP contribution in [0.4, 0.5) is 5.00 Å². The lowest BCUT2D eigenvalue weighted by atomic mass is 10.2. The van der Waals surface area contributed by atoms with Crippen LogP contribution in [-0.2, 0) is 9.59 Å². The average molecular weight is 374 g/mol. The van der Waals surface area contributed by atoms with Gasteiger partial charge in [-0.3, -0.25) is 9.59 Å². The highest BCUT2D eigenvalue weighted by atomic mass is 32.2. The van der Waals surface area contributed by atoms with Crippen molar-refractivity contribution < 1.29 is 9.59 Å². The van der Waals surface area contributed by atoms with E-state index < -0.39 is 0 Å². The van der Waals surface area contributed by atoms with Crippen LogP contribution >= 0.6 is 23.1 Å². The standard InChI is InChI=1S/C18H19N3O2S2/c22-14(19-13-8-9-13)10-24-18-20-15(11-4-2-1-3-5-11)17(25-18)21-16(23)12-6-7-12/h1-5,12-13H,6-10H2,(H,19,22)(H,21,23). The molecule has 2 aromatic rings. The number of aromatic nitrogens is 1. The molecular weight excluding hydrogens is 354 g/mol. The van der Waals surface area contributed by atoms with E-state index in [1.54, 1.807) is 0 Å². The summed E-state index contributed by atoms with van der Waals surface area (Å²) in [5.74, 6) is 0.622. The Morgan fingerprint density at radius 3 is 2.60 bits per heavy atom. The molecule has 130 valence electrons. The summed E-state index contributed by atoms with van der Waals surface area (Å²) in [6.07, 6.45) is 4.11. The quantitative estimate of drug-likeness (QED) is 0.729. The van der Waals surface area contributed by atoms with Crippen molar-refractivity contribution in [2.45, 2.75) is 36.1 Å². The molecule has 2 amide bonds. The third-order valence-electron chi connectivity index (χ3n) is 4.11. The Morgan fingerprint density at radius 1 is 1.16 bits per heavy atom. The number of hydrogen-bond donors (Lipinski definition) is 2. The van der Waals surface area contributed by atoms with Crippen molar-refractivity contribution in [2.24, 2.45) is 5.92 Å². The molecule has 1 aromatic heterocycles. The molecule has 0 aliphatic heterocycles. The molecule has 4 rings (SSSR count). The minimum absolute atomic E-state index is 0.0486.